The maximum absolute atomic E-state index is 12.3. The highest BCUT2D eigenvalue weighted by Gasteiger charge is 2.42. The number of ether oxygens (including phenoxy) is 1. The molecule has 0 aromatic rings. The van der Waals surface area contributed by atoms with Crippen molar-refractivity contribution < 1.29 is 9.53 Å². The number of hydrogen-bond donors (Lipinski definition) is 1. The SMILES string of the molecule is NC1CC2CCC(C1)N2C(=O)CC1CCCO1. The molecule has 0 aromatic heterocycles. The summed E-state index contributed by atoms with van der Waals surface area (Å²) in [6.45, 7) is 0.829. The number of fused-ring (bicyclic) bond motifs is 2. The lowest BCUT2D eigenvalue weighted by Gasteiger charge is -2.38. The summed E-state index contributed by atoms with van der Waals surface area (Å²) in [6, 6.07) is 1.13. The quantitative estimate of drug-likeness (QED) is 0.782. The van der Waals surface area contributed by atoms with Crippen molar-refractivity contribution in [1.29, 1.82) is 0 Å². The molecular weight excluding hydrogens is 216 g/mol. The summed E-state index contributed by atoms with van der Waals surface area (Å²) in [4.78, 5) is 14.5. The Balaban J connectivity index is 1.62. The van der Waals surface area contributed by atoms with Crippen LogP contribution in [-0.2, 0) is 9.53 Å². The monoisotopic (exact) mass is 238 g/mol. The number of amides is 1. The van der Waals surface area contributed by atoms with Gasteiger partial charge in [-0.1, -0.05) is 0 Å². The van der Waals surface area contributed by atoms with E-state index in [1.54, 1.807) is 0 Å². The van der Waals surface area contributed by atoms with Crippen LogP contribution >= 0.6 is 0 Å². The molecule has 2 bridgehead atoms. The van der Waals surface area contributed by atoms with Crippen molar-refractivity contribution in [1.82, 2.24) is 4.90 Å². The van der Waals surface area contributed by atoms with E-state index in [1.165, 1.54) is 0 Å². The van der Waals surface area contributed by atoms with E-state index < -0.39 is 0 Å². The molecule has 3 aliphatic heterocycles. The smallest absolute Gasteiger partial charge is 0.225 e. The number of carbonyl (C=O) groups excluding carboxylic acids is 1. The number of rotatable bonds is 2. The Hall–Kier alpha value is -0.610. The van der Waals surface area contributed by atoms with Gasteiger partial charge in [0.25, 0.3) is 0 Å². The van der Waals surface area contributed by atoms with Gasteiger partial charge in [-0.15, -0.1) is 0 Å². The first-order valence-electron chi connectivity index (χ1n) is 6.92. The van der Waals surface area contributed by atoms with Crippen LogP contribution < -0.4 is 5.73 Å². The number of piperidine rings is 1. The summed E-state index contributed by atoms with van der Waals surface area (Å²) in [6.07, 6.45) is 7.21. The van der Waals surface area contributed by atoms with Crippen molar-refractivity contribution in [3.8, 4) is 0 Å². The molecule has 0 radical (unpaired) electrons. The van der Waals surface area contributed by atoms with E-state index in [0.29, 0.717) is 30.5 Å². The number of hydrogen-bond acceptors (Lipinski definition) is 3. The van der Waals surface area contributed by atoms with E-state index in [-0.39, 0.29) is 6.10 Å². The molecular formula is C13H22N2O2. The van der Waals surface area contributed by atoms with Crippen LogP contribution in [0.2, 0.25) is 0 Å². The molecule has 3 rings (SSSR count). The van der Waals surface area contributed by atoms with Crippen molar-refractivity contribution in [2.75, 3.05) is 6.61 Å². The van der Waals surface area contributed by atoms with Crippen LogP contribution in [0.1, 0.15) is 44.9 Å². The Morgan fingerprint density at radius 1 is 1.24 bits per heavy atom. The van der Waals surface area contributed by atoms with Crippen molar-refractivity contribution in [3.63, 3.8) is 0 Å². The first-order chi connectivity index (χ1) is 8.24. The van der Waals surface area contributed by atoms with E-state index in [9.17, 15) is 4.79 Å². The van der Waals surface area contributed by atoms with Crippen LogP contribution in [0.5, 0.6) is 0 Å². The minimum absolute atomic E-state index is 0.178. The van der Waals surface area contributed by atoms with Crippen molar-refractivity contribution >= 4 is 5.91 Å². The topological polar surface area (TPSA) is 55.6 Å². The summed E-state index contributed by atoms with van der Waals surface area (Å²) in [5.41, 5.74) is 6.02. The molecule has 3 fully saturated rings. The lowest BCUT2D eigenvalue weighted by atomic mass is 9.97. The van der Waals surface area contributed by atoms with Gasteiger partial charge in [0.15, 0.2) is 0 Å². The molecule has 3 unspecified atom stereocenters. The van der Waals surface area contributed by atoms with Crippen LogP contribution in [0, 0.1) is 0 Å². The van der Waals surface area contributed by atoms with Crippen LogP contribution in [-0.4, -0.2) is 41.6 Å². The second-order valence-electron chi connectivity index (χ2n) is 5.76. The second-order valence-corrected chi connectivity index (χ2v) is 5.76. The highest BCUT2D eigenvalue weighted by Crippen LogP contribution is 2.36. The summed E-state index contributed by atoms with van der Waals surface area (Å²) in [5.74, 6) is 0.302. The van der Waals surface area contributed by atoms with E-state index in [1.807, 2.05) is 0 Å². The fourth-order valence-corrected chi connectivity index (χ4v) is 3.73. The molecule has 0 aromatic carbocycles. The van der Waals surface area contributed by atoms with Gasteiger partial charge < -0.3 is 15.4 Å². The zero-order valence-electron chi connectivity index (χ0n) is 10.3. The van der Waals surface area contributed by atoms with Gasteiger partial charge in [-0.25, -0.2) is 0 Å². The molecule has 3 atom stereocenters. The van der Waals surface area contributed by atoms with Crippen LogP contribution in [0.25, 0.3) is 0 Å². The van der Waals surface area contributed by atoms with Crippen LogP contribution in [0.15, 0.2) is 0 Å². The molecule has 0 aliphatic carbocycles. The largest absolute Gasteiger partial charge is 0.378 e. The Bertz CT molecular complexity index is 288. The van der Waals surface area contributed by atoms with Gasteiger partial charge >= 0.3 is 0 Å². The third kappa shape index (κ3) is 2.20. The van der Waals surface area contributed by atoms with E-state index >= 15 is 0 Å². The highest BCUT2D eigenvalue weighted by molar-refractivity contribution is 5.78. The van der Waals surface area contributed by atoms with Crippen LogP contribution in [0.3, 0.4) is 0 Å². The predicted octanol–water partition coefficient (Wildman–Crippen LogP) is 1.04. The lowest BCUT2D eigenvalue weighted by Crippen LogP contribution is -2.50. The molecule has 4 nitrogen and oxygen atoms in total. The summed E-state index contributed by atoms with van der Waals surface area (Å²) in [5, 5.41) is 0. The van der Waals surface area contributed by atoms with Gasteiger partial charge in [-0.05, 0) is 38.5 Å². The molecule has 3 aliphatic rings. The summed E-state index contributed by atoms with van der Waals surface area (Å²) < 4.78 is 5.55. The van der Waals surface area contributed by atoms with Crippen molar-refractivity contribution in [3.05, 3.63) is 0 Å². The lowest BCUT2D eigenvalue weighted by molar-refractivity contribution is -0.138. The van der Waals surface area contributed by atoms with Crippen molar-refractivity contribution in [2.24, 2.45) is 5.73 Å². The molecule has 4 heteroatoms. The fraction of sp³-hybridized carbons (Fsp3) is 0.923. The standard InChI is InChI=1S/C13H22N2O2/c14-9-6-10-3-4-11(7-9)15(10)13(16)8-12-2-1-5-17-12/h9-12H,1-8,14H2. The Kier molecular flexibility index (Phi) is 3.09. The zero-order chi connectivity index (χ0) is 11.8. The minimum atomic E-state index is 0.178. The van der Waals surface area contributed by atoms with Crippen LogP contribution in [0.4, 0.5) is 0 Å². The highest BCUT2D eigenvalue weighted by atomic mass is 16.5. The Morgan fingerprint density at radius 2 is 1.94 bits per heavy atom. The first kappa shape index (κ1) is 11.5. The predicted molar refractivity (Wildman–Crippen MR) is 64.5 cm³/mol. The van der Waals surface area contributed by atoms with Crippen molar-refractivity contribution in [2.45, 2.75) is 69.2 Å². The number of nitrogens with zero attached hydrogens (tertiary/aromatic N) is 1. The summed E-state index contributed by atoms with van der Waals surface area (Å²) in [7, 11) is 0. The third-order valence-electron chi connectivity index (χ3n) is 4.48. The van der Waals surface area contributed by atoms with Gasteiger partial charge in [0.05, 0.1) is 12.5 Å². The van der Waals surface area contributed by atoms with E-state index in [4.69, 9.17) is 10.5 Å². The Morgan fingerprint density at radius 3 is 2.53 bits per heavy atom. The average molecular weight is 238 g/mol. The molecule has 2 N–H and O–H groups in total. The van der Waals surface area contributed by atoms with Gasteiger partial charge in [0.1, 0.15) is 0 Å². The molecule has 3 saturated heterocycles. The minimum Gasteiger partial charge on any atom is -0.378 e. The maximum atomic E-state index is 12.3. The maximum Gasteiger partial charge on any atom is 0.225 e. The summed E-state index contributed by atoms with van der Waals surface area (Å²) >= 11 is 0. The molecule has 1 amide bonds. The molecule has 96 valence electrons. The molecule has 0 spiro atoms. The van der Waals surface area contributed by atoms with Gasteiger partial charge in [-0.3, -0.25) is 4.79 Å². The second kappa shape index (κ2) is 4.58. The average Bonchev–Trinajstić information content (AvgIpc) is 2.86. The molecule has 3 heterocycles. The normalized spacial score (nSPS) is 40.9. The van der Waals surface area contributed by atoms with E-state index in [0.717, 1.165) is 45.1 Å². The van der Waals surface area contributed by atoms with E-state index in [2.05, 4.69) is 4.90 Å². The fourth-order valence-electron chi connectivity index (χ4n) is 3.73. The third-order valence-corrected chi connectivity index (χ3v) is 4.48. The van der Waals surface area contributed by atoms with Gasteiger partial charge in [0.2, 0.25) is 5.91 Å². The molecule has 0 saturated carbocycles. The zero-order valence-corrected chi connectivity index (χ0v) is 10.3. The molecule has 17 heavy (non-hydrogen) atoms. The number of carbonyl (C=O) groups is 1. The Labute approximate surface area is 102 Å². The van der Waals surface area contributed by atoms with Gasteiger partial charge in [-0.2, -0.15) is 0 Å². The number of nitrogens with two attached hydrogens (primary N) is 1. The van der Waals surface area contributed by atoms with Gasteiger partial charge in [0, 0.05) is 24.7 Å². The first-order valence-corrected chi connectivity index (χ1v) is 6.92.